The minimum Gasteiger partial charge on any atom is -0.382 e. The molecule has 5 nitrogen and oxygen atoms in total. The van der Waals surface area contributed by atoms with Gasteiger partial charge in [-0.3, -0.25) is 4.99 Å². The molecule has 0 saturated heterocycles. The number of hydrogen-bond donors (Lipinski definition) is 2. The second kappa shape index (κ2) is 15.0. The zero-order chi connectivity index (χ0) is 16.0. The van der Waals surface area contributed by atoms with Crippen molar-refractivity contribution in [1.82, 2.24) is 10.6 Å². The first-order chi connectivity index (χ1) is 10.8. The molecule has 2 N–H and O–H groups in total. The predicted octanol–water partition coefficient (Wildman–Crippen LogP) is 2.72. The highest BCUT2D eigenvalue weighted by Crippen LogP contribution is 2.10. The highest BCUT2D eigenvalue weighted by atomic mass is 127. The van der Waals surface area contributed by atoms with Crippen LogP contribution >= 0.6 is 35.6 Å². The molecule has 0 saturated carbocycles. The molecule has 0 amide bonds. The fourth-order valence-electron chi connectivity index (χ4n) is 1.86. The quantitative estimate of drug-likeness (QED) is 0.247. The molecule has 1 aromatic carbocycles. The fraction of sp³-hybridized carbons (Fsp3) is 0.562. The van der Waals surface area contributed by atoms with Crippen molar-refractivity contribution in [3.05, 3.63) is 34.9 Å². The van der Waals surface area contributed by atoms with Crippen molar-refractivity contribution in [2.45, 2.75) is 12.8 Å². The first kappa shape index (κ1) is 22.4. The van der Waals surface area contributed by atoms with E-state index in [4.69, 9.17) is 21.1 Å². The summed E-state index contributed by atoms with van der Waals surface area (Å²) in [5, 5.41) is 7.31. The third-order valence-electron chi connectivity index (χ3n) is 3.01. The van der Waals surface area contributed by atoms with Crippen molar-refractivity contribution in [3.63, 3.8) is 0 Å². The number of halogens is 2. The number of hydrogen-bond acceptors (Lipinski definition) is 3. The van der Waals surface area contributed by atoms with Gasteiger partial charge < -0.3 is 20.1 Å². The maximum atomic E-state index is 5.97. The lowest BCUT2D eigenvalue weighted by Gasteiger charge is -2.12. The molecule has 1 aromatic rings. The number of benzene rings is 1. The van der Waals surface area contributed by atoms with Gasteiger partial charge in [0.25, 0.3) is 0 Å². The first-order valence-electron chi connectivity index (χ1n) is 7.52. The summed E-state index contributed by atoms with van der Waals surface area (Å²) in [6.07, 6.45) is 1.83. The van der Waals surface area contributed by atoms with E-state index < -0.39 is 0 Å². The van der Waals surface area contributed by atoms with Crippen LogP contribution in [-0.2, 0) is 15.9 Å². The van der Waals surface area contributed by atoms with Crippen LogP contribution in [0.2, 0.25) is 5.02 Å². The minimum atomic E-state index is 0. The van der Waals surface area contributed by atoms with Crippen molar-refractivity contribution >= 4 is 41.5 Å². The summed E-state index contributed by atoms with van der Waals surface area (Å²) in [7, 11) is 3.44. The van der Waals surface area contributed by atoms with E-state index in [0.29, 0.717) is 13.2 Å². The molecule has 0 heterocycles. The zero-order valence-electron chi connectivity index (χ0n) is 13.8. The highest BCUT2D eigenvalue weighted by molar-refractivity contribution is 14.0. The smallest absolute Gasteiger partial charge is 0.190 e. The number of rotatable bonds is 10. The average molecular weight is 456 g/mol. The van der Waals surface area contributed by atoms with Gasteiger partial charge in [-0.05, 0) is 30.5 Å². The van der Waals surface area contributed by atoms with Gasteiger partial charge >= 0.3 is 0 Å². The Balaban J connectivity index is 0.00000484. The largest absolute Gasteiger partial charge is 0.382 e. The molecule has 0 atom stereocenters. The van der Waals surface area contributed by atoms with E-state index in [0.717, 1.165) is 43.5 Å². The molecule has 1 rings (SSSR count). The van der Waals surface area contributed by atoms with Crippen LogP contribution in [0, 0.1) is 0 Å². The molecule has 23 heavy (non-hydrogen) atoms. The van der Waals surface area contributed by atoms with E-state index in [9.17, 15) is 0 Å². The minimum absolute atomic E-state index is 0. The summed E-state index contributed by atoms with van der Waals surface area (Å²) in [6.45, 7) is 3.63. The fourth-order valence-corrected chi connectivity index (χ4v) is 2.08. The SMILES string of the molecule is CN=C(NCCCOCCOC)NCCc1cccc(Cl)c1.I. The number of guanidine groups is 1. The third kappa shape index (κ3) is 11.6. The monoisotopic (exact) mass is 455 g/mol. The van der Waals surface area contributed by atoms with Crippen LogP contribution in [0.25, 0.3) is 0 Å². The summed E-state index contributed by atoms with van der Waals surface area (Å²) in [4.78, 5) is 4.19. The molecule has 0 radical (unpaired) electrons. The molecule has 0 bridgehead atoms. The van der Waals surface area contributed by atoms with E-state index in [-0.39, 0.29) is 24.0 Å². The van der Waals surface area contributed by atoms with Crippen LogP contribution in [0.15, 0.2) is 29.3 Å². The van der Waals surface area contributed by atoms with Gasteiger partial charge in [-0.1, -0.05) is 23.7 Å². The van der Waals surface area contributed by atoms with Crippen LogP contribution in [0.5, 0.6) is 0 Å². The lowest BCUT2D eigenvalue weighted by molar-refractivity contribution is 0.0698. The second-order valence-electron chi connectivity index (χ2n) is 4.76. The summed E-state index contributed by atoms with van der Waals surface area (Å²) in [5.41, 5.74) is 1.21. The molecule has 0 aliphatic carbocycles. The first-order valence-corrected chi connectivity index (χ1v) is 7.89. The number of nitrogens with one attached hydrogen (secondary N) is 2. The van der Waals surface area contributed by atoms with Gasteiger partial charge in [0.2, 0.25) is 0 Å². The van der Waals surface area contributed by atoms with E-state index in [1.165, 1.54) is 5.56 Å². The van der Waals surface area contributed by atoms with Crippen LogP contribution in [-0.4, -0.2) is 53.0 Å². The molecule has 132 valence electrons. The number of nitrogens with zero attached hydrogens (tertiary/aromatic N) is 1. The zero-order valence-corrected chi connectivity index (χ0v) is 16.9. The average Bonchev–Trinajstić information content (AvgIpc) is 2.52. The lowest BCUT2D eigenvalue weighted by Crippen LogP contribution is -2.39. The highest BCUT2D eigenvalue weighted by Gasteiger charge is 1.98. The topological polar surface area (TPSA) is 54.9 Å². The van der Waals surface area contributed by atoms with Crippen molar-refractivity contribution in [2.75, 3.05) is 47.1 Å². The maximum absolute atomic E-state index is 5.97. The van der Waals surface area contributed by atoms with E-state index in [1.807, 2.05) is 18.2 Å². The lowest BCUT2D eigenvalue weighted by atomic mass is 10.1. The number of ether oxygens (including phenoxy) is 2. The predicted molar refractivity (Wildman–Crippen MR) is 107 cm³/mol. The Labute approximate surface area is 161 Å². The molecule has 0 fully saturated rings. The molecular formula is C16H27ClIN3O2. The van der Waals surface area contributed by atoms with E-state index in [1.54, 1.807) is 14.2 Å². The van der Waals surface area contributed by atoms with Gasteiger partial charge in [0.15, 0.2) is 5.96 Å². The Morgan fingerprint density at radius 3 is 2.65 bits per heavy atom. The Morgan fingerprint density at radius 1 is 1.17 bits per heavy atom. The summed E-state index contributed by atoms with van der Waals surface area (Å²) < 4.78 is 10.3. The van der Waals surface area contributed by atoms with Crippen LogP contribution in [0.1, 0.15) is 12.0 Å². The van der Waals surface area contributed by atoms with Gasteiger partial charge in [0.1, 0.15) is 0 Å². The molecule has 0 aromatic heterocycles. The van der Waals surface area contributed by atoms with Crippen molar-refractivity contribution < 1.29 is 9.47 Å². The van der Waals surface area contributed by atoms with Crippen molar-refractivity contribution in [2.24, 2.45) is 4.99 Å². The third-order valence-corrected chi connectivity index (χ3v) is 3.24. The second-order valence-corrected chi connectivity index (χ2v) is 5.20. The van der Waals surface area contributed by atoms with Gasteiger partial charge in [-0.2, -0.15) is 0 Å². The molecule has 0 unspecified atom stereocenters. The maximum Gasteiger partial charge on any atom is 0.190 e. The Bertz CT molecular complexity index is 447. The molecule has 0 spiro atoms. The van der Waals surface area contributed by atoms with Crippen LogP contribution in [0.3, 0.4) is 0 Å². The van der Waals surface area contributed by atoms with Gasteiger partial charge in [0, 0.05) is 38.9 Å². The normalized spacial score (nSPS) is 11.0. The molecule has 0 aliphatic heterocycles. The van der Waals surface area contributed by atoms with Gasteiger partial charge in [-0.25, -0.2) is 0 Å². The summed E-state index contributed by atoms with van der Waals surface area (Å²) in [5.74, 6) is 0.805. The summed E-state index contributed by atoms with van der Waals surface area (Å²) >= 11 is 5.97. The Kier molecular flexibility index (Phi) is 14.6. The van der Waals surface area contributed by atoms with Crippen molar-refractivity contribution in [3.8, 4) is 0 Å². The van der Waals surface area contributed by atoms with Gasteiger partial charge in [0.05, 0.1) is 13.2 Å². The number of aliphatic imine (C=N–C) groups is 1. The van der Waals surface area contributed by atoms with E-state index >= 15 is 0 Å². The molecule has 7 heteroatoms. The van der Waals surface area contributed by atoms with Crippen molar-refractivity contribution in [1.29, 1.82) is 0 Å². The Morgan fingerprint density at radius 2 is 1.96 bits per heavy atom. The van der Waals surface area contributed by atoms with E-state index in [2.05, 4.69) is 21.7 Å². The molecule has 0 aliphatic rings. The van der Waals surface area contributed by atoms with Gasteiger partial charge in [-0.15, -0.1) is 24.0 Å². The molecular weight excluding hydrogens is 429 g/mol. The Hall–Kier alpha value is -0.570. The van der Waals surface area contributed by atoms with Crippen LogP contribution < -0.4 is 10.6 Å². The number of methoxy groups -OCH3 is 1. The summed E-state index contributed by atoms with van der Waals surface area (Å²) in [6, 6.07) is 7.90. The van der Waals surface area contributed by atoms with Crippen LogP contribution in [0.4, 0.5) is 0 Å². The standard InChI is InChI=1S/C16H26ClN3O2.HI/c1-18-16(19-8-4-10-22-12-11-21-2)20-9-7-14-5-3-6-15(17)13-14;/h3,5-6,13H,4,7-12H2,1-2H3,(H2,18,19,20);1H.